The second-order valence-electron chi connectivity index (χ2n) is 1.91. The van der Waals surface area contributed by atoms with Crippen LogP contribution in [0.5, 0.6) is 0 Å². The highest BCUT2D eigenvalue weighted by Crippen LogP contribution is 2.16. The minimum Gasteiger partial charge on any atom is -0.262 e. The van der Waals surface area contributed by atoms with Gasteiger partial charge in [0.15, 0.2) is 4.32 Å². The van der Waals surface area contributed by atoms with Crippen molar-refractivity contribution >= 4 is 34.0 Å². The Balaban J connectivity index is 2.67. The number of nitrogens with zero attached hydrogens (tertiary/aromatic N) is 1. The lowest BCUT2D eigenvalue weighted by Gasteiger charge is -2.16. The third-order valence-corrected chi connectivity index (χ3v) is 2.58. The molecule has 0 aromatic carbocycles. The Morgan fingerprint density at radius 2 is 2.44 bits per heavy atom. The Morgan fingerprint density at radius 1 is 1.78 bits per heavy atom. The fourth-order valence-corrected chi connectivity index (χ4v) is 1.62. The topological polar surface area (TPSA) is 24.4 Å². The first-order chi connectivity index (χ1) is 4.20. The molecule has 0 amide bonds. The van der Waals surface area contributed by atoms with Crippen molar-refractivity contribution < 1.29 is 0 Å². The molecule has 0 unspecified atom stereocenters. The van der Waals surface area contributed by atoms with E-state index in [1.807, 2.05) is 6.92 Å². The predicted octanol–water partition coefficient (Wildman–Crippen LogP) is 1.37. The molecule has 0 bridgehead atoms. The molecule has 1 rings (SSSR count). The third kappa shape index (κ3) is 1.66. The van der Waals surface area contributed by atoms with Crippen molar-refractivity contribution in [3.8, 4) is 0 Å². The maximum absolute atomic E-state index is 4.88. The average molecular weight is 160 g/mol. The highest BCUT2D eigenvalue weighted by atomic mass is 32.2. The van der Waals surface area contributed by atoms with E-state index in [-0.39, 0.29) is 0 Å². The Hall–Kier alpha value is -0.0900. The third-order valence-electron chi connectivity index (χ3n) is 1.20. The van der Waals surface area contributed by atoms with Crippen LogP contribution >= 0.6 is 24.0 Å². The Morgan fingerprint density at radius 3 is 2.89 bits per heavy atom. The molecule has 0 saturated heterocycles. The van der Waals surface area contributed by atoms with Crippen molar-refractivity contribution in [3.63, 3.8) is 0 Å². The standard InChI is InChI=1S/C5H8N2S2/c1-3-4(2)9-5(8)7-6-3/h4H,1-2H3,(H,7,8)/t4-/m0/s1. The summed E-state index contributed by atoms with van der Waals surface area (Å²) in [5.74, 6) is 0. The summed E-state index contributed by atoms with van der Waals surface area (Å²) in [4.78, 5) is 0. The van der Waals surface area contributed by atoms with Crippen molar-refractivity contribution in [2.45, 2.75) is 19.1 Å². The van der Waals surface area contributed by atoms with Gasteiger partial charge in [-0.1, -0.05) is 24.0 Å². The van der Waals surface area contributed by atoms with E-state index < -0.39 is 0 Å². The molecule has 50 valence electrons. The number of thioether (sulfide) groups is 1. The molecule has 2 nitrogen and oxygen atoms in total. The largest absolute Gasteiger partial charge is 0.262 e. The van der Waals surface area contributed by atoms with E-state index in [0.717, 1.165) is 10.0 Å². The van der Waals surface area contributed by atoms with Crippen LogP contribution < -0.4 is 5.43 Å². The van der Waals surface area contributed by atoms with E-state index in [2.05, 4.69) is 17.5 Å². The first-order valence-electron chi connectivity index (χ1n) is 2.71. The molecule has 0 spiro atoms. The van der Waals surface area contributed by atoms with Crippen LogP contribution in [-0.2, 0) is 0 Å². The Bertz CT molecular complexity index is 164. The van der Waals surface area contributed by atoms with Crippen molar-refractivity contribution in [1.82, 2.24) is 5.43 Å². The summed E-state index contributed by atoms with van der Waals surface area (Å²) < 4.78 is 0.771. The van der Waals surface area contributed by atoms with Crippen molar-refractivity contribution in [1.29, 1.82) is 0 Å². The van der Waals surface area contributed by atoms with Gasteiger partial charge in [-0.25, -0.2) is 0 Å². The zero-order valence-corrected chi connectivity index (χ0v) is 6.97. The molecule has 0 aliphatic carbocycles. The SMILES string of the molecule is CC1=NNC(=S)S[C@H]1C. The van der Waals surface area contributed by atoms with Crippen LogP contribution in [0.25, 0.3) is 0 Å². The summed E-state index contributed by atoms with van der Waals surface area (Å²) in [6, 6.07) is 0. The van der Waals surface area contributed by atoms with Gasteiger partial charge < -0.3 is 0 Å². The van der Waals surface area contributed by atoms with Crippen LogP contribution in [0.3, 0.4) is 0 Å². The minimum absolute atomic E-state index is 0.443. The molecule has 9 heavy (non-hydrogen) atoms. The van der Waals surface area contributed by atoms with E-state index >= 15 is 0 Å². The molecule has 0 saturated carbocycles. The monoisotopic (exact) mass is 160 g/mol. The number of rotatable bonds is 0. The normalized spacial score (nSPS) is 27.1. The number of nitrogens with one attached hydrogen (secondary N) is 1. The number of hydrazone groups is 1. The van der Waals surface area contributed by atoms with E-state index in [4.69, 9.17) is 12.2 Å². The molecule has 0 radical (unpaired) electrons. The number of hydrogen-bond donors (Lipinski definition) is 1. The number of thiocarbonyl (C=S) groups is 1. The summed E-state index contributed by atoms with van der Waals surface area (Å²) in [7, 11) is 0. The van der Waals surface area contributed by atoms with Gasteiger partial charge in [0.1, 0.15) is 0 Å². The zero-order chi connectivity index (χ0) is 6.85. The Kier molecular flexibility index (Phi) is 2.08. The molecule has 1 N–H and O–H groups in total. The highest BCUT2D eigenvalue weighted by Gasteiger charge is 2.13. The van der Waals surface area contributed by atoms with Gasteiger partial charge in [0.05, 0.1) is 0 Å². The summed E-state index contributed by atoms with van der Waals surface area (Å²) in [6.07, 6.45) is 0. The smallest absolute Gasteiger partial charge is 0.154 e. The first kappa shape index (κ1) is 7.02. The molecular weight excluding hydrogens is 152 g/mol. The Labute approximate surface area is 64.1 Å². The summed E-state index contributed by atoms with van der Waals surface area (Å²) in [6.45, 7) is 4.09. The second kappa shape index (κ2) is 2.66. The second-order valence-corrected chi connectivity index (χ2v) is 3.93. The van der Waals surface area contributed by atoms with Gasteiger partial charge in [-0.2, -0.15) is 5.10 Å². The van der Waals surface area contributed by atoms with Crippen LogP contribution in [0, 0.1) is 0 Å². The van der Waals surface area contributed by atoms with Gasteiger partial charge in [0.2, 0.25) is 0 Å². The van der Waals surface area contributed by atoms with Crippen LogP contribution in [-0.4, -0.2) is 15.3 Å². The van der Waals surface area contributed by atoms with E-state index in [9.17, 15) is 0 Å². The van der Waals surface area contributed by atoms with Crippen molar-refractivity contribution in [3.05, 3.63) is 0 Å². The molecule has 0 aromatic rings. The van der Waals surface area contributed by atoms with E-state index in [1.165, 1.54) is 0 Å². The average Bonchev–Trinajstić information content (AvgIpc) is 1.80. The lowest BCUT2D eigenvalue weighted by Crippen LogP contribution is -2.26. The maximum atomic E-state index is 4.88. The number of hydrogen-bond acceptors (Lipinski definition) is 3. The molecule has 4 heteroatoms. The lowest BCUT2D eigenvalue weighted by molar-refractivity contribution is 1.02. The highest BCUT2D eigenvalue weighted by molar-refractivity contribution is 8.23. The van der Waals surface area contributed by atoms with Crippen LogP contribution in [0.2, 0.25) is 0 Å². The molecule has 1 atom stereocenters. The minimum atomic E-state index is 0.443. The van der Waals surface area contributed by atoms with Crippen molar-refractivity contribution in [2.24, 2.45) is 5.10 Å². The van der Waals surface area contributed by atoms with Gasteiger partial charge in [0, 0.05) is 11.0 Å². The van der Waals surface area contributed by atoms with Crippen molar-refractivity contribution in [2.75, 3.05) is 0 Å². The summed E-state index contributed by atoms with van der Waals surface area (Å²) in [5.41, 5.74) is 3.85. The van der Waals surface area contributed by atoms with Crippen LogP contribution in [0.1, 0.15) is 13.8 Å². The summed E-state index contributed by atoms with van der Waals surface area (Å²) in [5, 5.41) is 4.44. The fraction of sp³-hybridized carbons (Fsp3) is 0.600. The van der Waals surface area contributed by atoms with Crippen LogP contribution in [0.15, 0.2) is 5.10 Å². The quantitative estimate of drug-likeness (QED) is 0.542. The lowest BCUT2D eigenvalue weighted by atomic mass is 10.3. The molecule has 0 aromatic heterocycles. The fourth-order valence-electron chi connectivity index (χ4n) is 0.497. The van der Waals surface area contributed by atoms with Gasteiger partial charge in [-0.15, -0.1) is 0 Å². The van der Waals surface area contributed by atoms with E-state index in [0.29, 0.717) is 5.25 Å². The van der Waals surface area contributed by atoms with Gasteiger partial charge in [-0.05, 0) is 13.8 Å². The van der Waals surface area contributed by atoms with Crippen LogP contribution in [0.4, 0.5) is 0 Å². The predicted molar refractivity (Wildman–Crippen MR) is 45.9 cm³/mol. The molecule has 1 heterocycles. The molecule has 0 fully saturated rings. The molecule has 1 aliphatic rings. The molecule has 1 aliphatic heterocycles. The van der Waals surface area contributed by atoms with Gasteiger partial charge >= 0.3 is 0 Å². The molecular formula is C5H8N2S2. The van der Waals surface area contributed by atoms with Gasteiger partial charge in [0.25, 0.3) is 0 Å². The first-order valence-corrected chi connectivity index (χ1v) is 4.00. The van der Waals surface area contributed by atoms with Gasteiger partial charge in [-0.3, -0.25) is 5.43 Å². The summed E-state index contributed by atoms with van der Waals surface area (Å²) >= 11 is 6.52. The maximum Gasteiger partial charge on any atom is 0.154 e. The zero-order valence-electron chi connectivity index (χ0n) is 5.34. The van der Waals surface area contributed by atoms with E-state index in [1.54, 1.807) is 11.8 Å².